The average Bonchev–Trinajstić information content (AvgIpc) is 3.18. The van der Waals surface area contributed by atoms with E-state index in [1.54, 1.807) is 10.9 Å². The first-order valence-electron chi connectivity index (χ1n) is 8.64. The zero-order valence-corrected chi connectivity index (χ0v) is 14.2. The molecule has 2 aromatic heterocycles. The molecule has 0 amide bonds. The summed E-state index contributed by atoms with van der Waals surface area (Å²) in [5.74, 6) is 1.46. The largest absolute Gasteiger partial charge is 0.390 e. The van der Waals surface area contributed by atoms with Crippen LogP contribution in [-0.2, 0) is 19.5 Å². The molecule has 1 saturated heterocycles. The average molecular weight is 334 g/mol. The minimum Gasteiger partial charge on any atom is -0.390 e. The van der Waals surface area contributed by atoms with Crippen LogP contribution < -0.4 is 0 Å². The van der Waals surface area contributed by atoms with Crippen molar-refractivity contribution in [1.29, 1.82) is 0 Å². The van der Waals surface area contributed by atoms with Crippen LogP contribution in [0.1, 0.15) is 25.1 Å². The van der Waals surface area contributed by atoms with Crippen molar-refractivity contribution in [2.24, 2.45) is 0 Å². The topological polar surface area (TPSA) is 83.5 Å². The quantitative estimate of drug-likeness (QED) is 0.784. The van der Waals surface area contributed by atoms with Gasteiger partial charge in [0, 0.05) is 38.4 Å². The summed E-state index contributed by atoms with van der Waals surface area (Å²) in [7, 11) is 0. The van der Waals surface area contributed by atoms with Crippen molar-refractivity contribution in [2.75, 3.05) is 32.7 Å². The molecule has 2 aromatic rings. The summed E-state index contributed by atoms with van der Waals surface area (Å²) in [6.07, 6.45) is 5.06. The molecule has 3 heterocycles. The van der Waals surface area contributed by atoms with Gasteiger partial charge in [-0.2, -0.15) is 10.1 Å². The highest BCUT2D eigenvalue weighted by Crippen LogP contribution is 2.08. The van der Waals surface area contributed by atoms with Gasteiger partial charge < -0.3 is 9.63 Å². The number of aliphatic hydroxyl groups is 1. The van der Waals surface area contributed by atoms with Crippen LogP contribution in [0.5, 0.6) is 0 Å². The second-order valence-corrected chi connectivity index (χ2v) is 6.27. The molecule has 8 heteroatoms. The van der Waals surface area contributed by atoms with E-state index < -0.39 is 6.10 Å². The first-order chi connectivity index (χ1) is 11.7. The van der Waals surface area contributed by atoms with Crippen LogP contribution in [0.4, 0.5) is 0 Å². The Hall–Kier alpha value is -1.77. The number of hydrogen-bond donors (Lipinski definition) is 1. The van der Waals surface area contributed by atoms with Crippen LogP contribution >= 0.6 is 0 Å². The normalized spacial score (nSPS) is 18.6. The van der Waals surface area contributed by atoms with Gasteiger partial charge in [0.15, 0.2) is 5.82 Å². The Labute approximate surface area is 142 Å². The summed E-state index contributed by atoms with van der Waals surface area (Å²) in [5.41, 5.74) is 0. The first kappa shape index (κ1) is 17.1. The molecular formula is C16H26N6O2. The van der Waals surface area contributed by atoms with E-state index in [0.29, 0.717) is 19.0 Å². The van der Waals surface area contributed by atoms with Crippen molar-refractivity contribution in [2.45, 2.75) is 39.0 Å². The van der Waals surface area contributed by atoms with Crippen molar-refractivity contribution >= 4 is 0 Å². The molecule has 0 saturated carbocycles. The molecule has 3 rings (SSSR count). The lowest BCUT2D eigenvalue weighted by Gasteiger charge is -2.23. The molecule has 0 aromatic carbocycles. The standard InChI is InChI=1S/C16H26N6O2/c1-2-16-18-15(19-24-16)13-21-7-4-6-20(9-10-21)11-14(23)12-22-8-3-5-17-22/h3,5,8,14,23H,2,4,6-7,9-13H2,1H3. The van der Waals surface area contributed by atoms with Gasteiger partial charge in [0.25, 0.3) is 0 Å². The number of β-amino-alcohol motifs (C(OH)–C–C–N with tert-alkyl or cyclic N) is 1. The maximum absolute atomic E-state index is 10.2. The van der Waals surface area contributed by atoms with Gasteiger partial charge in [-0.15, -0.1) is 0 Å². The first-order valence-corrected chi connectivity index (χ1v) is 8.64. The van der Waals surface area contributed by atoms with Crippen molar-refractivity contribution in [1.82, 2.24) is 29.7 Å². The van der Waals surface area contributed by atoms with Crippen molar-refractivity contribution in [3.8, 4) is 0 Å². The summed E-state index contributed by atoms with van der Waals surface area (Å²) in [4.78, 5) is 9.05. The third-order valence-electron chi connectivity index (χ3n) is 4.28. The summed E-state index contributed by atoms with van der Waals surface area (Å²) < 4.78 is 6.94. The fraction of sp³-hybridized carbons (Fsp3) is 0.688. The highest BCUT2D eigenvalue weighted by atomic mass is 16.5. The maximum atomic E-state index is 10.2. The fourth-order valence-corrected chi connectivity index (χ4v) is 3.04. The molecule has 132 valence electrons. The zero-order valence-electron chi connectivity index (χ0n) is 14.2. The Balaban J connectivity index is 1.44. The predicted molar refractivity (Wildman–Crippen MR) is 88.2 cm³/mol. The second-order valence-electron chi connectivity index (χ2n) is 6.27. The minimum absolute atomic E-state index is 0.402. The smallest absolute Gasteiger partial charge is 0.226 e. The van der Waals surface area contributed by atoms with Gasteiger partial charge in [-0.1, -0.05) is 12.1 Å². The molecule has 1 aliphatic rings. The molecule has 1 aliphatic heterocycles. The van der Waals surface area contributed by atoms with E-state index in [-0.39, 0.29) is 0 Å². The van der Waals surface area contributed by atoms with E-state index in [4.69, 9.17) is 4.52 Å². The molecule has 1 atom stereocenters. The molecule has 8 nitrogen and oxygen atoms in total. The number of aryl methyl sites for hydroxylation is 1. The fourth-order valence-electron chi connectivity index (χ4n) is 3.04. The van der Waals surface area contributed by atoms with E-state index >= 15 is 0 Å². The molecule has 0 bridgehead atoms. The summed E-state index contributed by atoms with van der Waals surface area (Å²) in [5, 5.41) is 18.4. The summed E-state index contributed by atoms with van der Waals surface area (Å²) in [6.45, 7) is 7.86. The molecule has 0 spiro atoms. The van der Waals surface area contributed by atoms with Crippen molar-refractivity contribution in [3.63, 3.8) is 0 Å². The number of hydrogen-bond acceptors (Lipinski definition) is 7. The number of nitrogens with zero attached hydrogens (tertiary/aromatic N) is 6. The molecule has 1 N–H and O–H groups in total. The third-order valence-corrected chi connectivity index (χ3v) is 4.28. The van der Waals surface area contributed by atoms with Crippen LogP contribution in [0.15, 0.2) is 23.0 Å². The van der Waals surface area contributed by atoms with Gasteiger partial charge in [-0.05, 0) is 25.6 Å². The van der Waals surface area contributed by atoms with Gasteiger partial charge in [-0.3, -0.25) is 14.5 Å². The highest BCUT2D eigenvalue weighted by Gasteiger charge is 2.19. The lowest BCUT2D eigenvalue weighted by Crippen LogP contribution is -2.37. The SMILES string of the molecule is CCc1nc(CN2CCCN(CC(O)Cn3cccn3)CC2)no1. The van der Waals surface area contributed by atoms with Gasteiger partial charge in [0.2, 0.25) is 5.89 Å². The zero-order chi connectivity index (χ0) is 16.8. The minimum atomic E-state index is -0.402. The van der Waals surface area contributed by atoms with E-state index in [2.05, 4.69) is 25.0 Å². The lowest BCUT2D eigenvalue weighted by molar-refractivity contribution is 0.0961. The molecule has 1 fully saturated rings. The van der Waals surface area contributed by atoms with Crippen LogP contribution in [0.2, 0.25) is 0 Å². The highest BCUT2D eigenvalue weighted by molar-refractivity contribution is 4.87. The van der Waals surface area contributed by atoms with Gasteiger partial charge in [0.05, 0.1) is 19.2 Å². The molecule has 1 unspecified atom stereocenters. The number of aromatic nitrogens is 4. The van der Waals surface area contributed by atoms with Crippen molar-refractivity contribution in [3.05, 3.63) is 30.2 Å². The Morgan fingerprint density at radius 2 is 2.04 bits per heavy atom. The van der Waals surface area contributed by atoms with Gasteiger partial charge in [0.1, 0.15) is 0 Å². The third kappa shape index (κ3) is 4.86. The second kappa shape index (κ2) is 8.36. The summed E-state index contributed by atoms with van der Waals surface area (Å²) in [6, 6.07) is 1.87. The van der Waals surface area contributed by atoms with Crippen LogP contribution in [0, 0.1) is 0 Å². The number of aliphatic hydroxyl groups excluding tert-OH is 1. The monoisotopic (exact) mass is 334 g/mol. The number of rotatable bonds is 7. The maximum Gasteiger partial charge on any atom is 0.226 e. The van der Waals surface area contributed by atoms with Crippen molar-refractivity contribution < 1.29 is 9.63 Å². The molecule has 24 heavy (non-hydrogen) atoms. The summed E-state index contributed by atoms with van der Waals surface area (Å²) >= 11 is 0. The Kier molecular flexibility index (Phi) is 5.95. The lowest BCUT2D eigenvalue weighted by atomic mass is 10.3. The predicted octanol–water partition coefficient (Wildman–Crippen LogP) is 0.397. The van der Waals surface area contributed by atoms with Gasteiger partial charge >= 0.3 is 0 Å². The molecule has 0 radical (unpaired) electrons. The Morgan fingerprint density at radius 3 is 2.79 bits per heavy atom. The molecule has 0 aliphatic carbocycles. The van der Waals surface area contributed by atoms with Gasteiger partial charge in [-0.25, -0.2) is 0 Å². The van der Waals surface area contributed by atoms with Crippen LogP contribution in [0.3, 0.4) is 0 Å². The van der Waals surface area contributed by atoms with E-state index in [1.165, 1.54) is 0 Å². The van der Waals surface area contributed by atoms with E-state index in [9.17, 15) is 5.11 Å². The molecular weight excluding hydrogens is 308 g/mol. The van der Waals surface area contributed by atoms with Crippen LogP contribution in [0.25, 0.3) is 0 Å². The Bertz CT molecular complexity index is 599. The Morgan fingerprint density at radius 1 is 1.21 bits per heavy atom. The van der Waals surface area contributed by atoms with E-state index in [1.807, 2.05) is 19.2 Å². The van der Waals surface area contributed by atoms with E-state index in [0.717, 1.165) is 51.4 Å². The van der Waals surface area contributed by atoms with Crippen LogP contribution in [-0.4, -0.2) is 73.7 Å².